The summed E-state index contributed by atoms with van der Waals surface area (Å²) in [5.74, 6) is -3.22. The highest BCUT2D eigenvalue weighted by Gasteiger charge is 2.38. The molecule has 0 amide bonds. The molecule has 1 aliphatic rings. The smallest absolute Gasteiger partial charge is 0.477 e. The third-order valence-corrected chi connectivity index (χ3v) is 5.84. The Kier molecular flexibility index (Phi) is 8.81. The zero-order valence-electron chi connectivity index (χ0n) is 19.6. The second-order valence-corrected chi connectivity index (χ2v) is 8.41. The van der Waals surface area contributed by atoms with Gasteiger partial charge in [-0.2, -0.15) is 18.3 Å². The first-order valence-corrected chi connectivity index (χ1v) is 11.4. The highest BCUT2D eigenvalue weighted by Crippen LogP contribution is 2.34. The summed E-state index contributed by atoms with van der Waals surface area (Å²) in [6.45, 7) is 4.51. The van der Waals surface area contributed by atoms with E-state index >= 15 is 0 Å². The minimum absolute atomic E-state index is 0.333. The summed E-state index contributed by atoms with van der Waals surface area (Å²) in [6, 6.07) is 12.4. The van der Waals surface area contributed by atoms with E-state index in [1.54, 1.807) is 10.9 Å². The van der Waals surface area contributed by atoms with E-state index in [9.17, 15) is 23.1 Å². The van der Waals surface area contributed by atoms with Crippen molar-refractivity contribution in [2.24, 2.45) is 0 Å². The summed E-state index contributed by atoms with van der Waals surface area (Å²) in [7, 11) is 0. The lowest BCUT2D eigenvalue weighted by atomic mass is 9.90. The van der Waals surface area contributed by atoms with Gasteiger partial charge in [0.15, 0.2) is 0 Å². The standard InChI is InChI=1S/C23H26N4O2.C2HF3O2/c1-16(17-6-3-2-4-7-17)14-24-11-5-13-27-22(23(28)29)20-9-8-18-15-25-12-10-19(18)21(20)26-27;3-2(4,5)1(6)7/h2-4,6-7,10,12,15-16,24H,5,8-9,11,13-14H2,1H3,(H,28,29);(H,6,7). The van der Waals surface area contributed by atoms with Crippen LogP contribution in [0.1, 0.15) is 46.4 Å². The normalized spacial score (nSPS) is 13.1. The molecule has 8 nitrogen and oxygen atoms in total. The van der Waals surface area contributed by atoms with E-state index in [-0.39, 0.29) is 0 Å². The molecule has 0 radical (unpaired) electrons. The number of aromatic nitrogens is 3. The fourth-order valence-corrected chi connectivity index (χ4v) is 4.04. The van der Waals surface area contributed by atoms with Crippen molar-refractivity contribution in [3.63, 3.8) is 0 Å². The number of nitrogens with one attached hydrogen (secondary N) is 1. The van der Waals surface area contributed by atoms with Gasteiger partial charge in [0.1, 0.15) is 5.69 Å². The summed E-state index contributed by atoms with van der Waals surface area (Å²) in [4.78, 5) is 25.0. The predicted octanol–water partition coefficient (Wildman–Crippen LogP) is 4.16. The van der Waals surface area contributed by atoms with Crippen LogP contribution in [0.4, 0.5) is 13.2 Å². The minimum atomic E-state index is -5.08. The number of aliphatic carboxylic acids is 1. The Morgan fingerprint density at radius 1 is 1.14 bits per heavy atom. The monoisotopic (exact) mass is 504 g/mol. The van der Waals surface area contributed by atoms with Gasteiger partial charge in [0.2, 0.25) is 0 Å². The average molecular weight is 505 g/mol. The molecule has 4 rings (SSSR count). The van der Waals surface area contributed by atoms with E-state index in [1.165, 1.54) is 5.56 Å². The van der Waals surface area contributed by atoms with Crippen molar-refractivity contribution in [1.29, 1.82) is 0 Å². The van der Waals surface area contributed by atoms with Gasteiger partial charge < -0.3 is 15.5 Å². The number of benzene rings is 1. The van der Waals surface area contributed by atoms with Crippen LogP contribution in [0.15, 0.2) is 48.8 Å². The van der Waals surface area contributed by atoms with Crippen LogP contribution in [0.3, 0.4) is 0 Å². The first-order chi connectivity index (χ1) is 17.1. The van der Waals surface area contributed by atoms with Crippen molar-refractivity contribution < 1.29 is 33.0 Å². The number of carboxylic acid groups (broad SMARTS) is 2. The van der Waals surface area contributed by atoms with Crippen LogP contribution < -0.4 is 5.32 Å². The van der Waals surface area contributed by atoms with Crippen LogP contribution in [-0.4, -0.2) is 56.2 Å². The van der Waals surface area contributed by atoms with E-state index in [1.807, 2.05) is 18.3 Å². The maximum absolute atomic E-state index is 11.9. The molecule has 36 heavy (non-hydrogen) atoms. The predicted molar refractivity (Wildman–Crippen MR) is 126 cm³/mol. The first kappa shape index (κ1) is 26.9. The number of fused-ring (bicyclic) bond motifs is 3. The Morgan fingerprint density at radius 3 is 2.47 bits per heavy atom. The van der Waals surface area contributed by atoms with E-state index < -0.39 is 18.1 Å². The number of alkyl halides is 3. The summed E-state index contributed by atoms with van der Waals surface area (Å²) in [5, 5.41) is 25.1. The topological polar surface area (TPSA) is 117 Å². The van der Waals surface area contributed by atoms with E-state index in [4.69, 9.17) is 9.90 Å². The van der Waals surface area contributed by atoms with Gasteiger partial charge in [0, 0.05) is 36.6 Å². The maximum Gasteiger partial charge on any atom is 0.490 e. The zero-order chi connectivity index (χ0) is 26.3. The molecule has 0 saturated carbocycles. The van der Waals surface area contributed by atoms with Crippen LogP contribution >= 0.6 is 0 Å². The molecule has 1 aromatic carbocycles. The van der Waals surface area contributed by atoms with Gasteiger partial charge >= 0.3 is 18.1 Å². The first-order valence-electron chi connectivity index (χ1n) is 11.4. The van der Waals surface area contributed by atoms with Crippen molar-refractivity contribution in [2.75, 3.05) is 13.1 Å². The number of aromatic carboxylic acids is 1. The molecule has 0 saturated heterocycles. The molecule has 1 aliphatic carbocycles. The molecule has 3 N–H and O–H groups in total. The Bertz CT molecular complexity index is 1200. The molecule has 0 aliphatic heterocycles. The Labute approximate surface area is 205 Å². The molecular weight excluding hydrogens is 477 g/mol. The fraction of sp³-hybridized carbons (Fsp3) is 0.360. The second kappa shape index (κ2) is 11.8. The quantitative estimate of drug-likeness (QED) is 0.395. The summed E-state index contributed by atoms with van der Waals surface area (Å²) in [6.07, 6.45) is 0.843. The van der Waals surface area contributed by atoms with Crippen LogP contribution in [0.5, 0.6) is 0 Å². The largest absolute Gasteiger partial charge is 0.490 e. The minimum Gasteiger partial charge on any atom is -0.477 e. The van der Waals surface area contributed by atoms with Crippen LogP contribution in [0, 0.1) is 0 Å². The molecule has 3 aromatic rings. The SMILES string of the molecule is CC(CNCCCn1nc2c(c1C(=O)O)CCc1cnccc1-2)c1ccccc1.O=C(O)C(F)(F)F. The van der Waals surface area contributed by atoms with Gasteiger partial charge in [-0.3, -0.25) is 9.67 Å². The van der Waals surface area contributed by atoms with E-state index in [0.29, 0.717) is 24.6 Å². The number of halogens is 3. The van der Waals surface area contributed by atoms with Gasteiger partial charge in [-0.25, -0.2) is 9.59 Å². The number of nitrogens with zero attached hydrogens (tertiary/aromatic N) is 3. The number of aryl methyl sites for hydroxylation is 2. The van der Waals surface area contributed by atoms with Gasteiger partial charge in [0.25, 0.3) is 0 Å². The van der Waals surface area contributed by atoms with Crippen molar-refractivity contribution in [3.05, 3.63) is 71.2 Å². The van der Waals surface area contributed by atoms with Crippen LogP contribution in [0.25, 0.3) is 11.3 Å². The van der Waals surface area contributed by atoms with Gasteiger partial charge in [0.05, 0.1) is 5.69 Å². The summed E-state index contributed by atoms with van der Waals surface area (Å²) in [5.41, 5.74) is 5.45. The Hall–Kier alpha value is -3.73. The third-order valence-electron chi connectivity index (χ3n) is 5.84. The van der Waals surface area contributed by atoms with Gasteiger partial charge in [-0.05, 0) is 48.9 Å². The number of carbonyl (C=O) groups is 2. The molecule has 2 aromatic heterocycles. The van der Waals surface area contributed by atoms with E-state index in [0.717, 1.165) is 48.3 Å². The highest BCUT2D eigenvalue weighted by molar-refractivity contribution is 5.90. The average Bonchev–Trinajstić information content (AvgIpc) is 3.23. The number of hydrogen-bond acceptors (Lipinski definition) is 5. The van der Waals surface area contributed by atoms with Crippen molar-refractivity contribution in [1.82, 2.24) is 20.1 Å². The van der Waals surface area contributed by atoms with Crippen molar-refractivity contribution in [3.8, 4) is 11.3 Å². The maximum atomic E-state index is 11.9. The highest BCUT2D eigenvalue weighted by atomic mass is 19.4. The molecule has 192 valence electrons. The summed E-state index contributed by atoms with van der Waals surface area (Å²) >= 11 is 0. The molecule has 0 fully saturated rings. The molecule has 0 bridgehead atoms. The lowest BCUT2D eigenvalue weighted by Gasteiger charge is -2.14. The van der Waals surface area contributed by atoms with Gasteiger partial charge in [-0.15, -0.1) is 0 Å². The molecule has 1 unspecified atom stereocenters. The third kappa shape index (κ3) is 6.69. The number of pyridine rings is 1. The molecule has 1 atom stereocenters. The molecular formula is C25H27F3N4O4. The van der Waals surface area contributed by atoms with Gasteiger partial charge in [-0.1, -0.05) is 37.3 Å². The number of rotatable bonds is 8. The van der Waals surface area contributed by atoms with Crippen molar-refractivity contribution in [2.45, 2.75) is 44.8 Å². The Balaban J connectivity index is 0.000000454. The fourth-order valence-electron chi connectivity index (χ4n) is 4.04. The molecule has 2 heterocycles. The number of carboxylic acids is 2. The summed E-state index contributed by atoms with van der Waals surface area (Å²) < 4.78 is 33.4. The van der Waals surface area contributed by atoms with E-state index in [2.05, 4.69) is 46.6 Å². The number of hydrogen-bond donors (Lipinski definition) is 3. The molecule has 11 heteroatoms. The lowest BCUT2D eigenvalue weighted by molar-refractivity contribution is -0.192. The lowest BCUT2D eigenvalue weighted by Crippen LogP contribution is -2.23. The molecule has 0 spiro atoms. The Morgan fingerprint density at radius 2 is 1.83 bits per heavy atom. The van der Waals surface area contributed by atoms with Crippen LogP contribution in [-0.2, 0) is 24.2 Å². The second-order valence-electron chi connectivity index (χ2n) is 8.41. The van der Waals surface area contributed by atoms with Crippen LogP contribution in [0.2, 0.25) is 0 Å². The van der Waals surface area contributed by atoms with Crippen molar-refractivity contribution >= 4 is 11.9 Å². The zero-order valence-corrected chi connectivity index (χ0v) is 19.6.